The number of oxime groups is 1. The van der Waals surface area contributed by atoms with Crippen LogP contribution in [-0.4, -0.2) is 29.8 Å². The maximum Gasteiger partial charge on any atom is 0.435 e. The molecule has 0 saturated carbocycles. The molecule has 0 N–H and O–H groups in total. The summed E-state index contributed by atoms with van der Waals surface area (Å²) in [5.41, 5.74) is -1.61. The van der Waals surface area contributed by atoms with Crippen molar-refractivity contribution >= 4 is 52.2 Å². The number of hydrogen-bond donors (Lipinski definition) is 0. The predicted octanol–water partition coefficient (Wildman–Crippen LogP) is 7.21. The summed E-state index contributed by atoms with van der Waals surface area (Å²) in [7, 11) is 1.56. The second-order valence-corrected chi connectivity index (χ2v) is 9.33. The van der Waals surface area contributed by atoms with Crippen LogP contribution in [0.2, 0.25) is 15.1 Å². The van der Waals surface area contributed by atoms with E-state index in [2.05, 4.69) is 10.1 Å². The zero-order valence-electron chi connectivity index (χ0n) is 18.3. The van der Waals surface area contributed by atoms with Crippen molar-refractivity contribution in [1.29, 1.82) is 0 Å². The normalized spacial score (nSPS) is 17.7. The second-order valence-electron chi connectivity index (χ2n) is 8.02. The molecule has 1 amide bonds. The van der Waals surface area contributed by atoms with Crippen LogP contribution in [0.5, 0.6) is 0 Å². The fraction of sp³-hybridized carbons (Fsp3) is 0.208. The van der Waals surface area contributed by atoms with Crippen molar-refractivity contribution in [3.8, 4) is 0 Å². The summed E-state index contributed by atoms with van der Waals surface area (Å²) in [6.45, 7) is 1.68. The minimum absolute atomic E-state index is 0.0474. The highest BCUT2D eigenvalue weighted by atomic mass is 35.5. The van der Waals surface area contributed by atoms with Crippen molar-refractivity contribution in [3.63, 3.8) is 0 Å². The molecule has 2 aromatic carbocycles. The number of pyridine rings is 1. The lowest BCUT2D eigenvalue weighted by Crippen LogP contribution is -2.42. The van der Waals surface area contributed by atoms with Crippen molar-refractivity contribution < 1.29 is 22.8 Å². The largest absolute Gasteiger partial charge is 0.435 e. The van der Waals surface area contributed by atoms with Gasteiger partial charge < -0.3 is 4.84 Å². The first-order chi connectivity index (χ1) is 16.4. The Morgan fingerprint density at radius 1 is 1.03 bits per heavy atom. The number of rotatable bonds is 4. The minimum Gasteiger partial charge on any atom is -0.374 e. The average Bonchev–Trinajstić information content (AvgIpc) is 3.25. The molecule has 0 fully saturated rings. The van der Waals surface area contributed by atoms with Gasteiger partial charge in [0.25, 0.3) is 11.5 Å². The standard InChI is InChI=1S/C24H17Cl3F3N3O2/c1-13-7-14(3-5-19(13)22(34)33(2)21-6-4-16(25)12-31-21)20-11-23(35-32-20,24(28,29)30)15-8-17(26)10-18(27)9-15/h3-10,12H,11H2,1-2H3. The third-order valence-corrected chi connectivity index (χ3v) is 6.32. The molecule has 0 aliphatic carbocycles. The Balaban J connectivity index is 1.62. The summed E-state index contributed by atoms with van der Waals surface area (Å²) in [6, 6.07) is 11.5. The molecule has 182 valence electrons. The van der Waals surface area contributed by atoms with Crippen molar-refractivity contribution in [1.82, 2.24) is 4.98 Å². The lowest BCUT2D eigenvalue weighted by molar-refractivity contribution is -0.275. The molecular weight excluding hydrogens is 526 g/mol. The van der Waals surface area contributed by atoms with E-state index in [0.717, 1.165) is 12.1 Å². The lowest BCUT2D eigenvalue weighted by Gasteiger charge is -2.29. The maximum atomic E-state index is 14.2. The number of carbonyl (C=O) groups excluding carboxylic acids is 1. The van der Waals surface area contributed by atoms with Gasteiger partial charge in [-0.2, -0.15) is 13.2 Å². The molecule has 35 heavy (non-hydrogen) atoms. The van der Waals surface area contributed by atoms with Gasteiger partial charge in [0.15, 0.2) is 0 Å². The van der Waals surface area contributed by atoms with E-state index in [9.17, 15) is 18.0 Å². The van der Waals surface area contributed by atoms with Gasteiger partial charge in [0, 0.05) is 40.8 Å². The fourth-order valence-electron chi connectivity index (χ4n) is 3.78. The molecule has 1 aliphatic heterocycles. The number of carbonyl (C=O) groups is 1. The monoisotopic (exact) mass is 541 g/mol. The van der Waals surface area contributed by atoms with E-state index in [-0.39, 0.29) is 27.2 Å². The zero-order chi connectivity index (χ0) is 25.5. The molecule has 1 atom stereocenters. The van der Waals surface area contributed by atoms with Crippen LogP contribution in [0.25, 0.3) is 0 Å². The Labute approximate surface area is 214 Å². The van der Waals surface area contributed by atoms with Crippen LogP contribution < -0.4 is 4.90 Å². The van der Waals surface area contributed by atoms with Gasteiger partial charge in [0.1, 0.15) is 5.82 Å². The molecule has 1 unspecified atom stereocenters. The molecule has 0 bridgehead atoms. The van der Waals surface area contributed by atoms with Crippen LogP contribution >= 0.6 is 34.8 Å². The quantitative estimate of drug-likeness (QED) is 0.350. The first-order valence-electron chi connectivity index (χ1n) is 10.2. The van der Waals surface area contributed by atoms with Gasteiger partial charge in [-0.05, 0) is 60.5 Å². The third-order valence-electron chi connectivity index (χ3n) is 5.66. The highest BCUT2D eigenvalue weighted by Crippen LogP contribution is 2.49. The molecule has 1 aliphatic rings. The van der Waals surface area contributed by atoms with Crippen LogP contribution in [0.4, 0.5) is 19.0 Å². The summed E-state index contributed by atoms with van der Waals surface area (Å²) < 4.78 is 42.7. The van der Waals surface area contributed by atoms with E-state index in [1.165, 1.54) is 29.3 Å². The summed E-state index contributed by atoms with van der Waals surface area (Å²) in [5.74, 6) is 0.0540. The average molecular weight is 543 g/mol. The Morgan fingerprint density at radius 2 is 1.71 bits per heavy atom. The smallest absolute Gasteiger partial charge is 0.374 e. The Morgan fingerprint density at radius 3 is 2.29 bits per heavy atom. The Hall–Kier alpha value is -2.81. The van der Waals surface area contributed by atoms with Crippen LogP contribution in [0.15, 0.2) is 59.9 Å². The summed E-state index contributed by atoms with van der Waals surface area (Å²) in [6.07, 6.45) is -3.96. The summed E-state index contributed by atoms with van der Waals surface area (Å²) in [5, 5.41) is 4.29. The minimum atomic E-state index is -4.80. The van der Waals surface area contributed by atoms with Gasteiger partial charge in [-0.15, -0.1) is 0 Å². The molecule has 3 aromatic rings. The first-order valence-corrected chi connectivity index (χ1v) is 11.3. The summed E-state index contributed by atoms with van der Waals surface area (Å²) in [4.78, 5) is 23.5. The number of benzene rings is 2. The van der Waals surface area contributed by atoms with Crippen molar-refractivity contribution in [2.75, 3.05) is 11.9 Å². The van der Waals surface area contributed by atoms with E-state index in [0.29, 0.717) is 27.5 Å². The second kappa shape index (κ2) is 9.33. The maximum absolute atomic E-state index is 14.2. The van der Waals surface area contributed by atoms with Crippen molar-refractivity contribution in [3.05, 3.63) is 92.0 Å². The summed E-state index contributed by atoms with van der Waals surface area (Å²) >= 11 is 17.7. The number of halogens is 6. The Bertz CT molecular complexity index is 1310. The van der Waals surface area contributed by atoms with Crippen LogP contribution in [0.3, 0.4) is 0 Å². The number of alkyl halides is 3. The van der Waals surface area contributed by atoms with Crippen LogP contribution in [-0.2, 0) is 10.4 Å². The molecule has 0 saturated heterocycles. The van der Waals surface area contributed by atoms with Gasteiger partial charge in [-0.1, -0.05) is 46.0 Å². The zero-order valence-corrected chi connectivity index (χ0v) is 20.6. The number of nitrogens with zero attached hydrogens (tertiary/aromatic N) is 3. The fourth-order valence-corrected chi connectivity index (χ4v) is 4.42. The van der Waals surface area contributed by atoms with E-state index >= 15 is 0 Å². The predicted molar refractivity (Wildman–Crippen MR) is 130 cm³/mol. The molecule has 11 heteroatoms. The van der Waals surface area contributed by atoms with E-state index in [4.69, 9.17) is 39.6 Å². The van der Waals surface area contributed by atoms with Gasteiger partial charge >= 0.3 is 6.18 Å². The highest BCUT2D eigenvalue weighted by molar-refractivity contribution is 6.34. The molecule has 0 radical (unpaired) electrons. The number of aromatic nitrogens is 1. The van der Waals surface area contributed by atoms with E-state index < -0.39 is 18.2 Å². The van der Waals surface area contributed by atoms with Gasteiger partial charge in [-0.25, -0.2) is 4.98 Å². The van der Waals surface area contributed by atoms with Gasteiger partial charge in [-0.3, -0.25) is 9.69 Å². The lowest BCUT2D eigenvalue weighted by atomic mass is 9.86. The molecule has 1 aromatic heterocycles. The highest BCUT2D eigenvalue weighted by Gasteiger charge is 2.62. The van der Waals surface area contributed by atoms with E-state index in [1.54, 1.807) is 32.2 Å². The molecule has 2 heterocycles. The number of anilines is 1. The molecular formula is C24H17Cl3F3N3O2. The first kappa shape index (κ1) is 25.3. The SMILES string of the molecule is Cc1cc(C2=NOC(c3cc(Cl)cc(Cl)c3)(C(F)(F)F)C2)ccc1C(=O)N(C)c1ccc(Cl)cn1. The van der Waals surface area contributed by atoms with Gasteiger partial charge in [0.2, 0.25) is 0 Å². The van der Waals surface area contributed by atoms with E-state index in [1.807, 2.05) is 0 Å². The van der Waals surface area contributed by atoms with Crippen molar-refractivity contribution in [2.24, 2.45) is 5.16 Å². The van der Waals surface area contributed by atoms with Crippen molar-refractivity contribution in [2.45, 2.75) is 25.1 Å². The topological polar surface area (TPSA) is 54.8 Å². The Kier molecular flexibility index (Phi) is 6.74. The number of hydrogen-bond acceptors (Lipinski definition) is 4. The van der Waals surface area contributed by atoms with Crippen LogP contribution in [0, 0.1) is 6.92 Å². The third kappa shape index (κ3) is 4.83. The van der Waals surface area contributed by atoms with Crippen LogP contribution in [0.1, 0.15) is 33.5 Å². The number of amides is 1. The van der Waals surface area contributed by atoms with Gasteiger partial charge in [0.05, 0.1) is 10.7 Å². The molecule has 4 rings (SSSR count). The number of aryl methyl sites for hydroxylation is 1. The molecule has 0 spiro atoms. The molecule has 5 nitrogen and oxygen atoms in total.